The van der Waals surface area contributed by atoms with Crippen molar-refractivity contribution in [2.24, 2.45) is 5.10 Å². The molecule has 0 spiro atoms. The first-order valence-corrected chi connectivity index (χ1v) is 10.2. The molecular weight excluding hydrogens is 394 g/mol. The molecule has 3 aromatic rings. The zero-order valence-electron chi connectivity index (χ0n) is 17.4. The lowest BCUT2D eigenvalue weighted by Gasteiger charge is -2.26. The lowest BCUT2D eigenvalue weighted by Crippen LogP contribution is -2.37. The molecule has 1 saturated heterocycles. The summed E-state index contributed by atoms with van der Waals surface area (Å²) in [6.45, 7) is 5.16. The number of anilines is 2. The van der Waals surface area contributed by atoms with Gasteiger partial charge in [0.15, 0.2) is 5.82 Å². The Morgan fingerprint density at radius 3 is 2.84 bits per heavy atom. The van der Waals surface area contributed by atoms with Gasteiger partial charge in [0.1, 0.15) is 0 Å². The summed E-state index contributed by atoms with van der Waals surface area (Å²) in [5.74, 6) is 0.979. The van der Waals surface area contributed by atoms with Crippen molar-refractivity contribution >= 4 is 17.9 Å². The highest BCUT2D eigenvalue weighted by molar-refractivity contribution is 5.75. The molecule has 1 aliphatic heterocycles. The summed E-state index contributed by atoms with van der Waals surface area (Å²) in [6.07, 6.45) is 4.00. The molecule has 4 rings (SSSR count). The number of benzene rings is 1. The van der Waals surface area contributed by atoms with E-state index in [9.17, 15) is 0 Å². The number of morpholine rings is 1. The molecule has 0 saturated carbocycles. The second-order valence-corrected chi connectivity index (χ2v) is 7.03. The Kier molecular flexibility index (Phi) is 6.96. The first-order valence-electron chi connectivity index (χ1n) is 10.2. The van der Waals surface area contributed by atoms with Crippen LogP contribution in [0.5, 0.6) is 6.01 Å². The third kappa shape index (κ3) is 6.19. The van der Waals surface area contributed by atoms with Crippen LogP contribution < -0.4 is 15.1 Å². The van der Waals surface area contributed by atoms with Crippen LogP contribution in [-0.2, 0) is 11.2 Å². The lowest BCUT2D eigenvalue weighted by atomic mass is 10.2. The molecule has 9 heteroatoms. The van der Waals surface area contributed by atoms with Crippen molar-refractivity contribution in [3.63, 3.8) is 0 Å². The fraction of sp³-hybridized carbons (Fsp3) is 0.318. The van der Waals surface area contributed by atoms with Crippen molar-refractivity contribution in [2.45, 2.75) is 13.3 Å². The number of rotatable bonds is 8. The second kappa shape index (κ2) is 10.4. The maximum atomic E-state index is 5.82. The fourth-order valence-corrected chi connectivity index (χ4v) is 3.06. The van der Waals surface area contributed by atoms with Crippen molar-refractivity contribution in [1.82, 2.24) is 19.9 Å². The first-order chi connectivity index (χ1) is 15.3. The predicted molar refractivity (Wildman–Crippen MR) is 119 cm³/mol. The number of hydrogen-bond acceptors (Lipinski definition) is 9. The third-order valence-electron chi connectivity index (χ3n) is 4.62. The van der Waals surface area contributed by atoms with Crippen LogP contribution in [0.4, 0.5) is 11.6 Å². The number of nitrogens with one attached hydrogen (secondary N) is 1. The molecule has 1 N–H and O–H groups in total. The molecule has 0 atom stereocenters. The lowest BCUT2D eigenvalue weighted by molar-refractivity contribution is 0.122. The van der Waals surface area contributed by atoms with Crippen molar-refractivity contribution in [2.75, 3.05) is 43.2 Å². The van der Waals surface area contributed by atoms with E-state index in [4.69, 9.17) is 9.47 Å². The maximum absolute atomic E-state index is 5.82. The summed E-state index contributed by atoms with van der Waals surface area (Å²) in [6, 6.07) is 14.0. The summed E-state index contributed by atoms with van der Waals surface area (Å²) in [5.41, 5.74) is 6.00. The largest absolute Gasteiger partial charge is 0.463 e. The van der Waals surface area contributed by atoms with Crippen LogP contribution in [0.25, 0.3) is 0 Å². The van der Waals surface area contributed by atoms with Gasteiger partial charge in [-0.05, 0) is 36.8 Å². The van der Waals surface area contributed by atoms with Crippen molar-refractivity contribution in [3.05, 3.63) is 65.7 Å². The Morgan fingerprint density at radius 2 is 2.03 bits per heavy atom. The standard InChI is InChI=1S/C22H25N7O2/c1-17-5-4-7-19(15-17)28-24-16-20-25-21(29-10-13-30-14-11-29)27-22(26-20)31-12-8-18-6-2-3-9-23-18/h2-7,9,15-16,28H,8,10-14H2,1H3/b24-16+. The van der Waals surface area contributed by atoms with Gasteiger partial charge in [-0.1, -0.05) is 18.2 Å². The monoisotopic (exact) mass is 419 g/mol. The van der Waals surface area contributed by atoms with E-state index in [1.54, 1.807) is 12.4 Å². The average Bonchev–Trinajstić information content (AvgIpc) is 2.80. The second-order valence-electron chi connectivity index (χ2n) is 7.03. The number of hydrogen-bond donors (Lipinski definition) is 1. The maximum Gasteiger partial charge on any atom is 0.321 e. The van der Waals surface area contributed by atoms with E-state index in [2.05, 4.69) is 35.4 Å². The van der Waals surface area contributed by atoms with Crippen LogP contribution in [0, 0.1) is 6.92 Å². The highest BCUT2D eigenvalue weighted by Gasteiger charge is 2.16. The predicted octanol–water partition coefficient (Wildman–Crippen LogP) is 2.48. The Labute approximate surface area is 181 Å². The molecule has 0 aliphatic carbocycles. The summed E-state index contributed by atoms with van der Waals surface area (Å²) < 4.78 is 11.3. The van der Waals surface area contributed by atoms with Crippen molar-refractivity contribution in [3.8, 4) is 6.01 Å². The molecule has 1 aromatic carbocycles. The van der Waals surface area contributed by atoms with Crippen LogP contribution in [0.2, 0.25) is 0 Å². The van der Waals surface area contributed by atoms with E-state index < -0.39 is 0 Å². The van der Waals surface area contributed by atoms with E-state index in [-0.39, 0.29) is 6.01 Å². The summed E-state index contributed by atoms with van der Waals surface area (Å²) in [5, 5.41) is 4.27. The molecule has 1 aliphatic rings. The topological polar surface area (TPSA) is 97.7 Å². The average molecular weight is 419 g/mol. The van der Waals surface area contributed by atoms with Gasteiger partial charge in [0.05, 0.1) is 31.7 Å². The van der Waals surface area contributed by atoms with Crippen LogP contribution in [-0.4, -0.2) is 59.1 Å². The molecule has 0 unspecified atom stereocenters. The third-order valence-corrected chi connectivity index (χ3v) is 4.62. The highest BCUT2D eigenvalue weighted by Crippen LogP contribution is 2.14. The van der Waals surface area contributed by atoms with Gasteiger partial charge in [-0.3, -0.25) is 10.4 Å². The quantitative estimate of drug-likeness (QED) is 0.439. The number of aromatic nitrogens is 4. The van der Waals surface area contributed by atoms with Gasteiger partial charge in [-0.15, -0.1) is 0 Å². The SMILES string of the molecule is Cc1cccc(N/N=C/c2nc(OCCc3ccccn3)nc(N3CCOCC3)n2)c1. The highest BCUT2D eigenvalue weighted by atomic mass is 16.5. The normalized spacial score (nSPS) is 14.0. The molecule has 0 radical (unpaired) electrons. The number of hydrazone groups is 1. The smallest absolute Gasteiger partial charge is 0.321 e. The Balaban J connectivity index is 1.47. The summed E-state index contributed by atoms with van der Waals surface area (Å²) in [7, 11) is 0. The van der Waals surface area contributed by atoms with Gasteiger partial charge in [-0.25, -0.2) is 0 Å². The molecule has 31 heavy (non-hydrogen) atoms. The van der Waals surface area contributed by atoms with Crippen molar-refractivity contribution < 1.29 is 9.47 Å². The molecule has 3 heterocycles. The van der Waals surface area contributed by atoms with Gasteiger partial charge in [0.25, 0.3) is 0 Å². The van der Waals surface area contributed by atoms with E-state index in [1.807, 2.05) is 49.4 Å². The van der Waals surface area contributed by atoms with Crippen LogP contribution >= 0.6 is 0 Å². The number of aryl methyl sites for hydroxylation is 1. The van der Waals surface area contributed by atoms with Gasteiger partial charge >= 0.3 is 6.01 Å². The van der Waals surface area contributed by atoms with E-state index in [0.717, 1.165) is 30.0 Å². The molecule has 0 bridgehead atoms. The number of pyridine rings is 1. The first kappa shape index (κ1) is 20.7. The summed E-state index contributed by atoms with van der Waals surface area (Å²) >= 11 is 0. The van der Waals surface area contributed by atoms with E-state index >= 15 is 0 Å². The van der Waals surface area contributed by atoms with Crippen LogP contribution in [0.1, 0.15) is 17.1 Å². The van der Waals surface area contributed by atoms with Crippen molar-refractivity contribution in [1.29, 1.82) is 0 Å². The van der Waals surface area contributed by atoms with E-state index in [0.29, 0.717) is 38.0 Å². The molecule has 0 amide bonds. The van der Waals surface area contributed by atoms with Crippen LogP contribution in [0.3, 0.4) is 0 Å². The number of nitrogens with zero attached hydrogens (tertiary/aromatic N) is 6. The van der Waals surface area contributed by atoms with Gasteiger partial charge in [0, 0.05) is 31.4 Å². The van der Waals surface area contributed by atoms with Gasteiger partial charge < -0.3 is 14.4 Å². The van der Waals surface area contributed by atoms with Crippen LogP contribution in [0.15, 0.2) is 53.8 Å². The minimum absolute atomic E-state index is 0.268. The molecular formula is C22H25N7O2. The Bertz CT molecular complexity index is 1010. The van der Waals surface area contributed by atoms with E-state index in [1.165, 1.54) is 0 Å². The Morgan fingerprint density at radius 1 is 1.13 bits per heavy atom. The zero-order valence-corrected chi connectivity index (χ0v) is 17.4. The Hall–Kier alpha value is -3.59. The minimum Gasteiger partial charge on any atom is -0.463 e. The zero-order chi connectivity index (χ0) is 21.3. The minimum atomic E-state index is 0.268. The molecule has 160 valence electrons. The molecule has 2 aromatic heterocycles. The van der Waals surface area contributed by atoms with Gasteiger partial charge in [0.2, 0.25) is 5.95 Å². The van der Waals surface area contributed by atoms with Gasteiger partial charge in [-0.2, -0.15) is 20.1 Å². The summed E-state index contributed by atoms with van der Waals surface area (Å²) in [4.78, 5) is 19.8. The molecule has 9 nitrogen and oxygen atoms in total. The molecule has 1 fully saturated rings. The number of ether oxygens (including phenoxy) is 2. The fourth-order valence-electron chi connectivity index (χ4n) is 3.06.